The zero-order valence-corrected chi connectivity index (χ0v) is 57.1. The Hall–Kier alpha value is -10.9. The van der Waals surface area contributed by atoms with E-state index in [1.165, 1.54) is 179 Å². The van der Waals surface area contributed by atoms with Crippen LogP contribution in [0.5, 0.6) is 0 Å². The molecule has 484 valence electrons. The topological polar surface area (TPSA) is 0 Å². The molecule has 0 aliphatic heterocycles. The lowest BCUT2D eigenvalue weighted by Crippen LogP contribution is -2.06. The summed E-state index contributed by atoms with van der Waals surface area (Å²) >= 11 is 0. The van der Waals surface area contributed by atoms with Gasteiger partial charge in [-0.2, -0.15) is 0 Å². The molecule has 0 saturated carbocycles. The summed E-state index contributed by atoms with van der Waals surface area (Å²) in [7, 11) is 0. The Kier molecular flexibility index (Phi) is 21.7. The number of hydrogen-bond acceptors (Lipinski definition) is 0. The maximum Gasteiger partial charge on any atom is -0.00135 e. The second-order valence-corrected chi connectivity index (χ2v) is 26.9. The Morgan fingerprint density at radius 2 is 0.414 bits per heavy atom. The largest absolute Gasteiger partial charge is 0.0795 e. The number of hydrogen-bond donors (Lipinski definition) is 0. The van der Waals surface area contributed by atoms with E-state index in [4.69, 9.17) is 0 Å². The summed E-state index contributed by atoms with van der Waals surface area (Å²) in [6.07, 6.45) is 27.1. The Bertz CT molecular complexity index is 4750. The Morgan fingerprint density at radius 3 is 0.798 bits per heavy atom. The van der Waals surface area contributed by atoms with E-state index < -0.39 is 0 Å². The van der Waals surface area contributed by atoms with E-state index in [0.717, 1.165) is 38.5 Å². The number of benzene rings is 14. The molecular weight excluding hydrogens is 1190 g/mol. The summed E-state index contributed by atoms with van der Waals surface area (Å²) in [4.78, 5) is 0. The van der Waals surface area contributed by atoms with Gasteiger partial charge in [0.2, 0.25) is 0 Å². The van der Waals surface area contributed by atoms with Crippen LogP contribution in [0.2, 0.25) is 0 Å². The van der Waals surface area contributed by atoms with Crippen molar-refractivity contribution in [3.8, 4) is 11.1 Å². The first-order chi connectivity index (χ1) is 49.1. The van der Waals surface area contributed by atoms with Crippen LogP contribution in [0.25, 0.3) is 50.9 Å². The van der Waals surface area contributed by atoms with Crippen LogP contribution in [0.3, 0.4) is 0 Å². The minimum absolute atomic E-state index is 1.04. The molecule has 14 aromatic carbocycles. The number of fused-ring (bicyclic) bond motifs is 15. The summed E-state index contributed by atoms with van der Waals surface area (Å²) in [6, 6.07) is 117. The lowest BCUT2D eigenvalue weighted by Gasteiger charge is -2.18. The van der Waals surface area contributed by atoms with E-state index in [9.17, 15) is 0 Å². The first-order valence-corrected chi connectivity index (χ1v) is 36.1. The molecule has 7 aliphatic rings. The van der Waals surface area contributed by atoms with Crippen molar-refractivity contribution in [2.75, 3.05) is 0 Å². The van der Waals surface area contributed by atoms with E-state index in [0.29, 0.717) is 0 Å². The summed E-state index contributed by atoms with van der Waals surface area (Å²) < 4.78 is 0. The third-order valence-electron chi connectivity index (χ3n) is 20.5. The first kappa shape index (κ1) is 65.4. The van der Waals surface area contributed by atoms with Crippen molar-refractivity contribution in [2.24, 2.45) is 0 Å². The van der Waals surface area contributed by atoms with Crippen LogP contribution in [0, 0.1) is 0 Å². The fourth-order valence-corrected chi connectivity index (χ4v) is 15.2. The summed E-state index contributed by atoms with van der Waals surface area (Å²) in [6.45, 7) is 0. The molecule has 0 N–H and O–H groups in total. The van der Waals surface area contributed by atoms with Crippen LogP contribution in [0.15, 0.2) is 334 Å². The molecular formula is C99H88. The molecule has 0 saturated heterocycles. The number of aryl methyl sites for hydroxylation is 6. The van der Waals surface area contributed by atoms with Gasteiger partial charge in [-0.15, -0.1) is 0 Å². The molecule has 0 aromatic heterocycles. The fraction of sp³-hybridized carbons (Fsp3) is 0.152. The standard InChI is InChI=1S/C15H14.C15H12.C14H10.C14H12.C13H10.C10H12.C9H10.C9H8/c2*1-3-7-14-11-15-8-4-2-6-13(15)10-9-12(14)5-1;1-3-7-13-11(5-1)9-10-12-6-2-4-8-14(12)13;1-2-6-12-10-14-8-4-3-7-13(14)9-11(12)5-1;1-3-7-12-10(5-1)9-11-6-2-4-8-13(11)12;1-2-6-10-8-4-3-7-9(10)5-1;2*1-2-5-9-7-3-6-8(9)4-1/h1-8H,9-11H2;1-10H,11H2;1-10H;1-8H,9-10H2;1-8H,9H2;1-2,5-6H,3-4,7-8H2;1-2,4-5H,3,6-7H2;1-6H,7H2. The molecule has 0 amide bonds. The van der Waals surface area contributed by atoms with Gasteiger partial charge in [-0.05, 0) is 240 Å². The van der Waals surface area contributed by atoms with Crippen molar-refractivity contribution in [2.45, 2.75) is 96.3 Å². The second-order valence-electron chi connectivity index (χ2n) is 26.9. The number of allylic oxidation sites excluding steroid dienone is 1. The van der Waals surface area contributed by atoms with Crippen molar-refractivity contribution >= 4 is 39.8 Å². The van der Waals surface area contributed by atoms with Crippen LogP contribution in [0.4, 0.5) is 0 Å². The van der Waals surface area contributed by atoms with Gasteiger partial charge in [-0.3, -0.25) is 0 Å². The van der Waals surface area contributed by atoms with Crippen LogP contribution >= 0.6 is 0 Å². The quantitative estimate of drug-likeness (QED) is 0.133. The van der Waals surface area contributed by atoms with Crippen molar-refractivity contribution in [3.63, 3.8) is 0 Å². The smallest absolute Gasteiger partial charge is 0.00135 e. The maximum absolute atomic E-state index is 2.27. The van der Waals surface area contributed by atoms with E-state index in [1.807, 2.05) is 0 Å². The number of rotatable bonds is 0. The summed E-state index contributed by atoms with van der Waals surface area (Å²) in [5, 5.41) is 5.30. The maximum atomic E-state index is 2.27. The molecule has 0 heterocycles. The van der Waals surface area contributed by atoms with E-state index in [2.05, 4.69) is 352 Å². The van der Waals surface area contributed by atoms with Crippen molar-refractivity contribution in [3.05, 3.63) is 445 Å². The third-order valence-corrected chi connectivity index (χ3v) is 20.5. The molecule has 0 bridgehead atoms. The summed E-state index contributed by atoms with van der Waals surface area (Å²) in [5.41, 5.74) is 32.4. The zero-order chi connectivity index (χ0) is 66.6. The highest BCUT2D eigenvalue weighted by Crippen LogP contribution is 2.36. The van der Waals surface area contributed by atoms with E-state index >= 15 is 0 Å². The van der Waals surface area contributed by atoms with Crippen molar-refractivity contribution < 1.29 is 0 Å². The summed E-state index contributed by atoms with van der Waals surface area (Å²) in [5.74, 6) is 0. The van der Waals surface area contributed by atoms with Crippen LogP contribution in [0.1, 0.15) is 131 Å². The van der Waals surface area contributed by atoms with Gasteiger partial charge in [-0.25, -0.2) is 0 Å². The Morgan fingerprint density at radius 1 is 0.162 bits per heavy atom. The molecule has 0 heteroatoms. The molecule has 0 radical (unpaired) electrons. The Balaban J connectivity index is 0.0000000972. The minimum Gasteiger partial charge on any atom is -0.0795 e. The molecule has 0 unspecified atom stereocenters. The lowest BCUT2D eigenvalue weighted by atomic mass is 9.86. The highest BCUT2D eigenvalue weighted by molar-refractivity contribution is 6.07. The molecule has 0 nitrogen and oxygen atoms in total. The SMILES string of the molecule is C1=Cc2ccccc2C1.C1=Cc2ccccc2Cc2ccccc21.c1ccc2c(c1)CCC2.c1ccc2c(c1)CCCC2.c1ccc2c(c1)CCc1ccccc1C2.c1ccc2c(c1)Cc1ccccc1-2.c1ccc2c(c1)Cc1ccccc1C2.c1ccc2c(c1)ccc1ccccc12. The highest BCUT2D eigenvalue weighted by Gasteiger charge is 2.18. The van der Waals surface area contributed by atoms with Gasteiger partial charge >= 0.3 is 0 Å². The predicted octanol–water partition coefficient (Wildman–Crippen LogP) is 24.6. The van der Waals surface area contributed by atoms with Gasteiger partial charge < -0.3 is 0 Å². The first-order valence-electron chi connectivity index (χ1n) is 36.1. The average Bonchev–Trinajstić information content (AvgIpc) is 1.83. The molecule has 0 atom stereocenters. The predicted molar refractivity (Wildman–Crippen MR) is 423 cm³/mol. The minimum atomic E-state index is 1.04. The van der Waals surface area contributed by atoms with Gasteiger partial charge in [0.05, 0.1) is 0 Å². The van der Waals surface area contributed by atoms with Gasteiger partial charge in [-0.1, -0.05) is 352 Å². The molecule has 0 fully saturated rings. The van der Waals surface area contributed by atoms with Gasteiger partial charge in [0.25, 0.3) is 0 Å². The lowest BCUT2D eigenvalue weighted by molar-refractivity contribution is 0.685. The van der Waals surface area contributed by atoms with E-state index in [-0.39, 0.29) is 0 Å². The van der Waals surface area contributed by atoms with Gasteiger partial charge in [0.15, 0.2) is 0 Å². The molecule has 99 heavy (non-hydrogen) atoms. The normalized spacial score (nSPS) is 13.4. The second kappa shape index (κ2) is 32.9. The highest BCUT2D eigenvalue weighted by atomic mass is 14.2. The molecule has 7 aliphatic carbocycles. The van der Waals surface area contributed by atoms with E-state index in [1.54, 1.807) is 22.3 Å². The average molecular weight is 1280 g/mol. The van der Waals surface area contributed by atoms with Gasteiger partial charge in [0.1, 0.15) is 0 Å². The van der Waals surface area contributed by atoms with Crippen molar-refractivity contribution in [1.82, 2.24) is 0 Å². The third kappa shape index (κ3) is 16.7. The molecule has 0 spiro atoms. The van der Waals surface area contributed by atoms with Crippen LogP contribution in [-0.4, -0.2) is 0 Å². The molecule has 21 rings (SSSR count). The van der Waals surface area contributed by atoms with Crippen LogP contribution in [-0.2, 0) is 77.0 Å². The van der Waals surface area contributed by atoms with Crippen molar-refractivity contribution in [1.29, 1.82) is 0 Å². The monoisotopic (exact) mass is 1280 g/mol. The Labute approximate surface area is 588 Å². The molecule has 14 aromatic rings. The fourth-order valence-electron chi connectivity index (χ4n) is 15.2. The van der Waals surface area contributed by atoms with Gasteiger partial charge in [0, 0.05) is 0 Å². The zero-order valence-electron chi connectivity index (χ0n) is 57.1. The van der Waals surface area contributed by atoms with Crippen LogP contribution < -0.4 is 0 Å².